The molecule has 0 saturated heterocycles. The monoisotopic (exact) mass is 284 g/mol. The van der Waals surface area contributed by atoms with Crippen molar-refractivity contribution in [1.29, 1.82) is 0 Å². The van der Waals surface area contributed by atoms with Gasteiger partial charge in [-0.2, -0.15) is 9.97 Å². The standard InChI is InChI=1S/C14H16N6O/c1-15-14-18-12-11(16-8-17-12)13(19-14)20(9-4-5-9)7-10-3-2-6-21-10/h2-3,6,8-9H,4-5,7H2,1H3,(H2,15,16,17,18,19). The second kappa shape index (κ2) is 4.76. The number of hydrogen-bond acceptors (Lipinski definition) is 6. The normalized spacial score (nSPS) is 14.5. The molecule has 0 spiro atoms. The zero-order chi connectivity index (χ0) is 14.2. The highest BCUT2D eigenvalue weighted by Gasteiger charge is 2.32. The maximum absolute atomic E-state index is 5.49. The van der Waals surface area contributed by atoms with E-state index >= 15 is 0 Å². The molecule has 0 aliphatic heterocycles. The van der Waals surface area contributed by atoms with Gasteiger partial charge in [0.25, 0.3) is 0 Å². The number of anilines is 2. The molecule has 3 heterocycles. The SMILES string of the molecule is CNc1nc(N(Cc2ccco2)C2CC2)c2[nH]cnc2n1. The highest BCUT2D eigenvalue weighted by Crippen LogP contribution is 2.35. The summed E-state index contributed by atoms with van der Waals surface area (Å²) >= 11 is 0. The molecule has 7 heteroatoms. The first-order valence-electron chi connectivity index (χ1n) is 7.03. The first-order valence-corrected chi connectivity index (χ1v) is 7.03. The van der Waals surface area contributed by atoms with Gasteiger partial charge >= 0.3 is 0 Å². The summed E-state index contributed by atoms with van der Waals surface area (Å²) in [5, 5.41) is 3.00. The summed E-state index contributed by atoms with van der Waals surface area (Å²) < 4.78 is 5.49. The zero-order valence-corrected chi connectivity index (χ0v) is 11.7. The van der Waals surface area contributed by atoms with Crippen LogP contribution in [0.5, 0.6) is 0 Å². The molecule has 1 saturated carbocycles. The van der Waals surface area contributed by atoms with Gasteiger partial charge in [0.05, 0.1) is 19.1 Å². The molecule has 21 heavy (non-hydrogen) atoms. The molecule has 2 N–H and O–H groups in total. The second-order valence-electron chi connectivity index (χ2n) is 5.16. The highest BCUT2D eigenvalue weighted by atomic mass is 16.3. The minimum absolute atomic E-state index is 0.501. The van der Waals surface area contributed by atoms with E-state index in [2.05, 4.69) is 30.2 Å². The molecule has 0 unspecified atom stereocenters. The van der Waals surface area contributed by atoms with E-state index in [1.165, 1.54) is 12.8 Å². The van der Waals surface area contributed by atoms with Gasteiger partial charge < -0.3 is 19.6 Å². The van der Waals surface area contributed by atoms with E-state index in [9.17, 15) is 0 Å². The van der Waals surface area contributed by atoms with Crippen molar-refractivity contribution in [3.63, 3.8) is 0 Å². The van der Waals surface area contributed by atoms with Gasteiger partial charge in [-0.25, -0.2) is 4.98 Å². The van der Waals surface area contributed by atoms with Crippen LogP contribution in [0.2, 0.25) is 0 Å². The summed E-state index contributed by atoms with van der Waals surface area (Å²) in [4.78, 5) is 18.6. The maximum atomic E-state index is 5.49. The molecular weight excluding hydrogens is 268 g/mol. The van der Waals surface area contributed by atoms with Crippen molar-refractivity contribution in [2.75, 3.05) is 17.3 Å². The molecule has 4 rings (SSSR count). The van der Waals surface area contributed by atoms with Gasteiger partial charge in [0.1, 0.15) is 11.3 Å². The first-order chi connectivity index (χ1) is 10.3. The van der Waals surface area contributed by atoms with Crippen molar-refractivity contribution >= 4 is 22.9 Å². The third-order valence-electron chi connectivity index (χ3n) is 3.66. The topological polar surface area (TPSA) is 82.9 Å². The van der Waals surface area contributed by atoms with E-state index in [1.54, 1.807) is 12.6 Å². The smallest absolute Gasteiger partial charge is 0.226 e. The minimum Gasteiger partial charge on any atom is -0.467 e. The van der Waals surface area contributed by atoms with Crippen molar-refractivity contribution in [2.45, 2.75) is 25.4 Å². The quantitative estimate of drug-likeness (QED) is 0.747. The van der Waals surface area contributed by atoms with E-state index in [4.69, 9.17) is 4.42 Å². The molecule has 3 aromatic rings. The van der Waals surface area contributed by atoms with E-state index in [0.29, 0.717) is 24.2 Å². The molecule has 0 radical (unpaired) electrons. The fourth-order valence-corrected chi connectivity index (χ4v) is 2.47. The molecule has 0 atom stereocenters. The number of rotatable bonds is 5. The largest absolute Gasteiger partial charge is 0.467 e. The van der Waals surface area contributed by atoms with Crippen LogP contribution in [0.4, 0.5) is 11.8 Å². The Bertz CT molecular complexity index is 746. The number of nitrogens with zero attached hydrogens (tertiary/aromatic N) is 4. The lowest BCUT2D eigenvalue weighted by molar-refractivity contribution is 0.500. The summed E-state index contributed by atoms with van der Waals surface area (Å²) in [7, 11) is 1.81. The fourth-order valence-electron chi connectivity index (χ4n) is 2.47. The summed E-state index contributed by atoms with van der Waals surface area (Å²) in [6.07, 6.45) is 5.70. The van der Waals surface area contributed by atoms with Crippen molar-refractivity contribution in [1.82, 2.24) is 19.9 Å². The minimum atomic E-state index is 0.501. The third-order valence-corrected chi connectivity index (χ3v) is 3.66. The van der Waals surface area contributed by atoms with Crippen molar-refractivity contribution in [2.24, 2.45) is 0 Å². The number of aromatic amines is 1. The molecule has 108 valence electrons. The summed E-state index contributed by atoms with van der Waals surface area (Å²) in [6.45, 7) is 0.700. The van der Waals surface area contributed by atoms with Crippen LogP contribution in [0.1, 0.15) is 18.6 Å². The van der Waals surface area contributed by atoms with Gasteiger partial charge in [-0.15, -0.1) is 0 Å². The van der Waals surface area contributed by atoms with Gasteiger partial charge in [0, 0.05) is 13.1 Å². The van der Waals surface area contributed by atoms with Crippen LogP contribution in [0, 0.1) is 0 Å². The van der Waals surface area contributed by atoms with Crippen LogP contribution in [0.3, 0.4) is 0 Å². The number of nitrogens with one attached hydrogen (secondary N) is 2. The average molecular weight is 284 g/mol. The Labute approximate surface area is 121 Å². The van der Waals surface area contributed by atoms with Crippen LogP contribution in [-0.4, -0.2) is 33.0 Å². The summed E-state index contributed by atoms with van der Waals surface area (Å²) in [5.74, 6) is 2.38. The number of imidazole rings is 1. The number of fused-ring (bicyclic) bond motifs is 1. The van der Waals surface area contributed by atoms with Crippen LogP contribution in [0.15, 0.2) is 29.1 Å². The van der Waals surface area contributed by atoms with Crippen molar-refractivity contribution < 1.29 is 4.42 Å². The Kier molecular flexibility index (Phi) is 2.77. The predicted octanol–water partition coefficient (Wildman–Crippen LogP) is 2.16. The van der Waals surface area contributed by atoms with Crippen LogP contribution in [-0.2, 0) is 6.54 Å². The van der Waals surface area contributed by atoms with Gasteiger partial charge in [-0.05, 0) is 25.0 Å². The Morgan fingerprint density at radius 2 is 2.33 bits per heavy atom. The summed E-state index contributed by atoms with van der Waals surface area (Å²) in [6, 6.07) is 4.39. The molecule has 1 fully saturated rings. The van der Waals surface area contributed by atoms with E-state index in [1.807, 2.05) is 19.2 Å². The molecule has 0 bridgehead atoms. The molecule has 3 aromatic heterocycles. The number of hydrogen-bond donors (Lipinski definition) is 2. The van der Waals surface area contributed by atoms with E-state index < -0.39 is 0 Å². The lowest BCUT2D eigenvalue weighted by Gasteiger charge is -2.23. The molecule has 0 amide bonds. The Morgan fingerprint density at radius 3 is 3.05 bits per heavy atom. The summed E-state index contributed by atoms with van der Waals surface area (Å²) in [5.41, 5.74) is 1.54. The lowest BCUT2D eigenvalue weighted by Crippen LogP contribution is -2.26. The second-order valence-corrected chi connectivity index (χ2v) is 5.16. The van der Waals surface area contributed by atoms with Crippen LogP contribution < -0.4 is 10.2 Å². The van der Waals surface area contributed by atoms with Gasteiger partial charge in [0.2, 0.25) is 5.95 Å². The number of aromatic nitrogens is 4. The first kappa shape index (κ1) is 12.2. The number of furan rings is 1. The highest BCUT2D eigenvalue weighted by molar-refractivity contribution is 5.84. The maximum Gasteiger partial charge on any atom is 0.226 e. The predicted molar refractivity (Wildman–Crippen MR) is 79.1 cm³/mol. The Balaban J connectivity index is 1.79. The molecule has 7 nitrogen and oxygen atoms in total. The Hall–Kier alpha value is -2.57. The van der Waals surface area contributed by atoms with Crippen molar-refractivity contribution in [3.05, 3.63) is 30.5 Å². The molecule has 1 aliphatic carbocycles. The zero-order valence-electron chi connectivity index (χ0n) is 11.7. The number of H-pyrrole nitrogens is 1. The molecular formula is C14H16N6O. The van der Waals surface area contributed by atoms with Gasteiger partial charge in [0.15, 0.2) is 11.5 Å². The lowest BCUT2D eigenvalue weighted by atomic mass is 10.3. The fraction of sp³-hybridized carbons (Fsp3) is 0.357. The molecule has 1 aliphatic rings. The van der Waals surface area contributed by atoms with Crippen molar-refractivity contribution in [3.8, 4) is 0 Å². The third kappa shape index (κ3) is 2.20. The van der Waals surface area contributed by atoms with Gasteiger partial charge in [-0.1, -0.05) is 0 Å². The van der Waals surface area contributed by atoms with Gasteiger partial charge in [-0.3, -0.25) is 0 Å². The average Bonchev–Trinajstić information content (AvgIpc) is 3.02. The van der Waals surface area contributed by atoms with Crippen LogP contribution in [0.25, 0.3) is 11.2 Å². The Morgan fingerprint density at radius 1 is 1.43 bits per heavy atom. The van der Waals surface area contributed by atoms with Crippen LogP contribution >= 0.6 is 0 Å². The van der Waals surface area contributed by atoms with E-state index in [-0.39, 0.29) is 0 Å². The van der Waals surface area contributed by atoms with E-state index in [0.717, 1.165) is 17.1 Å². The molecule has 0 aromatic carbocycles.